The average Bonchev–Trinajstić information content (AvgIpc) is 3.15. The molecule has 0 radical (unpaired) electrons. The van der Waals surface area contributed by atoms with Crippen LogP contribution in [0.3, 0.4) is 0 Å². The normalized spacial score (nSPS) is 24.6. The van der Waals surface area contributed by atoms with E-state index in [1.165, 1.54) is 0 Å². The van der Waals surface area contributed by atoms with Crippen molar-refractivity contribution < 1.29 is 19.2 Å². The summed E-state index contributed by atoms with van der Waals surface area (Å²) >= 11 is 0. The Labute approximate surface area is 187 Å². The number of piperidine rings is 2. The Hall–Kier alpha value is -2.94. The van der Waals surface area contributed by atoms with Gasteiger partial charge in [-0.2, -0.15) is 0 Å². The number of amides is 4. The van der Waals surface area contributed by atoms with Gasteiger partial charge in [0.05, 0.1) is 0 Å². The summed E-state index contributed by atoms with van der Waals surface area (Å²) in [5.74, 6) is -0.399. The molecule has 1 aromatic carbocycles. The van der Waals surface area contributed by atoms with Crippen molar-refractivity contribution >= 4 is 29.3 Å². The summed E-state index contributed by atoms with van der Waals surface area (Å²) in [5, 5.41) is 5.65. The molecule has 4 amide bonds. The van der Waals surface area contributed by atoms with E-state index in [2.05, 4.69) is 15.5 Å². The highest BCUT2D eigenvalue weighted by atomic mass is 16.2. The van der Waals surface area contributed by atoms with Crippen molar-refractivity contribution in [2.24, 2.45) is 5.92 Å². The summed E-state index contributed by atoms with van der Waals surface area (Å²) in [7, 11) is 0. The molecule has 0 bridgehead atoms. The first-order valence-electron chi connectivity index (χ1n) is 11.5. The molecule has 5 rings (SSSR count). The van der Waals surface area contributed by atoms with Gasteiger partial charge in [0, 0.05) is 56.3 Å². The van der Waals surface area contributed by atoms with Crippen LogP contribution in [0.15, 0.2) is 18.2 Å². The minimum Gasteiger partial charge on any atom is -0.368 e. The van der Waals surface area contributed by atoms with Gasteiger partial charge in [0.2, 0.25) is 17.7 Å². The van der Waals surface area contributed by atoms with E-state index in [1.54, 1.807) is 4.90 Å². The smallest absolute Gasteiger partial charge is 0.255 e. The summed E-state index contributed by atoms with van der Waals surface area (Å²) in [6.45, 7) is 5.16. The van der Waals surface area contributed by atoms with Crippen LogP contribution < -0.4 is 15.5 Å². The zero-order valence-corrected chi connectivity index (χ0v) is 18.1. The lowest BCUT2D eigenvalue weighted by atomic mass is 9.96. The Morgan fingerprint density at radius 1 is 0.969 bits per heavy atom. The van der Waals surface area contributed by atoms with Crippen LogP contribution in [-0.2, 0) is 20.9 Å². The molecular formula is C23H29N5O4. The number of rotatable bonds is 3. The van der Waals surface area contributed by atoms with Crippen LogP contribution >= 0.6 is 0 Å². The van der Waals surface area contributed by atoms with Gasteiger partial charge in [0.15, 0.2) is 0 Å². The predicted molar refractivity (Wildman–Crippen MR) is 117 cm³/mol. The van der Waals surface area contributed by atoms with Crippen molar-refractivity contribution in [2.75, 3.05) is 44.2 Å². The van der Waals surface area contributed by atoms with Crippen molar-refractivity contribution in [2.45, 2.75) is 38.3 Å². The van der Waals surface area contributed by atoms with Gasteiger partial charge in [-0.15, -0.1) is 0 Å². The predicted octanol–water partition coefficient (Wildman–Crippen LogP) is 0.0958. The van der Waals surface area contributed by atoms with E-state index in [1.807, 2.05) is 23.1 Å². The van der Waals surface area contributed by atoms with Gasteiger partial charge in [-0.05, 0) is 56.1 Å². The number of benzene rings is 1. The highest BCUT2D eigenvalue weighted by Crippen LogP contribution is 2.31. The van der Waals surface area contributed by atoms with Gasteiger partial charge < -0.3 is 20.0 Å². The number of hydrogen-bond donors (Lipinski definition) is 2. The Morgan fingerprint density at radius 2 is 1.72 bits per heavy atom. The van der Waals surface area contributed by atoms with Gasteiger partial charge >= 0.3 is 0 Å². The molecule has 170 valence electrons. The zero-order valence-electron chi connectivity index (χ0n) is 18.1. The lowest BCUT2D eigenvalue weighted by Crippen LogP contribution is -2.52. The van der Waals surface area contributed by atoms with Crippen LogP contribution in [0.2, 0.25) is 0 Å². The second-order valence-corrected chi connectivity index (χ2v) is 9.08. The van der Waals surface area contributed by atoms with E-state index in [4.69, 9.17) is 0 Å². The molecular weight excluding hydrogens is 410 g/mol. The third kappa shape index (κ3) is 3.85. The largest absolute Gasteiger partial charge is 0.368 e. The second kappa shape index (κ2) is 8.54. The third-order valence-electron chi connectivity index (χ3n) is 7.15. The van der Waals surface area contributed by atoms with Crippen molar-refractivity contribution in [3.05, 3.63) is 29.3 Å². The van der Waals surface area contributed by atoms with E-state index in [0.29, 0.717) is 31.6 Å². The van der Waals surface area contributed by atoms with Gasteiger partial charge in [0.25, 0.3) is 5.91 Å². The van der Waals surface area contributed by atoms with Crippen molar-refractivity contribution in [3.63, 3.8) is 0 Å². The Kier molecular flexibility index (Phi) is 5.58. The fraction of sp³-hybridized carbons (Fsp3) is 0.565. The lowest BCUT2D eigenvalue weighted by Gasteiger charge is -2.38. The Bertz CT molecular complexity index is 950. The topological polar surface area (TPSA) is 102 Å². The molecule has 0 spiro atoms. The number of carbonyl (C=O) groups excluding carboxylic acids is 4. The van der Waals surface area contributed by atoms with Crippen LogP contribution in [0, 0.1) is 5.92 Å². The summed E-state index contributed by atoms with van der Waals surface area (Å²) in [6, 6.07) is 5.23. The van der Waals surface area contributed by atoms with Crippen LogP contribution in [0.1, 0.15) is 41.6 Å². The summed E-state index contributed by atoms with van der Waals surface area (Å²) < 4.78 is 0. The number of imide groups is 1. The van der Waals surface area contributed by atoms with E-state index in [-0.39, 0.29) is 30.1 Å². The maximum atomic E-state index is 12.9. The van der Waals surface area contributed by atoms with Crippen LogP contribution in [-0.4, -0.2) is 78.7 Å². The monoisotopic (exact) mass is 439 g/mol. The van der Waals surface area contributed by atoms with Gasteiger partial charge in [0.1, 0.15) is 6.04 Å². The van der Waals surface area contributed by atoms with Crippen molar-refractivity contribution in [1.29, 1.82) is 0 Å². The molecule has 2 N–H and O–H groups in total. The minimum absolute atomic E-state index is 0.145. The first kappa shape index (κ1) is 20.9. The highest BCUT2D eigenvalue weighted by molar-refractivity contribution is 6.05. The molecule has 9 nitrogen and oxygen atoms in total. The fourth-order valence-corrected chi connectivity index (χ4v) is 5.27. The summed E-state index contributed by atoms with van der Waals surface area (Å²) in [4.78, 5) is 55.2. The Morgan fingerprint density at radius 3 is 2.44 bits per heavy atom. The number of nitrogens with zero attached hydrogens (tertiary/aromatic N) is 3. The van der Waals surface area contributed by atoms with Gasteiger partial charge in [-0.3, -0.25) is 24.5 Å². The molecule has 1 atom stereocenters. The molecule has 0 unspecified atom stereocenters. The summed E-state index contributed by atoms with van der Waals surface area (Å²) in [5.41, 5.74) is 2.57. The quantitative estimate of drug-likeness (QED) is 0.648. The maximum Gasteiger partial charge on any atom is 0.255 e. The van der Waals surface area contributed by atoms with E-state index in [9.17, 15) is 19.2 Å². The molecule has 4 aliphatic heterocycles. The van der Waals surface area contributed by atoms with Crippen molar-refractivity contribution in [3.8, 4) is 0 Å². The Balaban J connectivity index is 1.22. The first-order chi connectivity index (χ1) is 15.5. The minimum atomic E-state index is -0.597. The first-order valence-corrected chi connectivity index (χ1v) is 11.5. The molecule has 4 aliphatic rings. The number of piperazine rings is 1. The molecule has 0 aliphatic carbocycles. The lowest BCUT2D eigenvalue weighted by molar-refractivity contribution is -0.137. The molecule has 3 saturated heterocycles. The molecule has 32 heavy (non-hydrogen) atoms. The van der Waals surface area contributed by atoms with Crippen molar-refractivity contribution in [1.82, 2.24) is 20.4 Å². The van der Waals surface area contributed by atoms with Crippen LogP contribution in [0.25, 0.3) is 0 Å². The van der Waals surface area contributed by atoms with Gasteiger partial charge in [-0.25, -0.2) is 0 Å². The molecule has 1 aromatic rings. The number of hydrogen-bond acceptors (Lipinski definition) is 6. The number of carbonyl (C=O) groups is 4. The van der Waals surface area contributed by atoms with Crippen LogP contribution in [0.4, 0.5) is 5.69 Å². The van der Waals surface area contributed by atoms with E-state index in [0.717, 1.165) is 50.3 Å². The van der Waals surface area contributed by atoms with E-state index >= 15 is 0 Å². The van der Waals surface area contributed by atoms with E-state index < -0.39 is 11.9 Å². The standard InChI is InChI=1S/C23H29N5O4/c29-20-4-3-19(21(30)25-20)28-14-16-13-17(1-2-18(16)23(28)32)26-9-11-27(12-10-26)22(31)15-5-7-24-8-6-15/h1-2,13,15,19,24H,3-12,14H2,(H,25,29,30)/t19-/m0/s1. The maximum absolute atomic E-state index is 12.9. The highest BCUT2D eigenvalue weighted by Gasteiger charge is 2.39. The number of nitrogens with one attached hydrogen (secondary N) is 2. The van der Waals surface area contributed by atoms with Gasteiger partial charge in [-0.1, -0.05) is 0 Å². The third-order valence-corrected chi connectivity index (χ3v) is 7.15. The molecule has 0 aromatic heterocycles. The number of anilines is 1. The fourth-order valence-electron chi connectivity index (χ4n) is 5.27. The summed E-state index contributed by atoms with van der Waals surface area (Å²) in [6.07, 6.45) is 2.45. The molecule has 9 heteroatoms. The van der Waals surface area contributed by atoms with Crippen LogP contribution in [0.5, 0.6) is 0 Å². The number of fused-ring (bicyclic) bond motifs is 1. The average molecular weight is 440 g/mol. The zero-order chi connectivity index (χ0) is 22.2. The SMILES string of the molecule is O=C1CC[C@H](N2Cc3cc(N4CCN(C(=O)C5CCNCC5)CC4)ccc3C2=O)C(=O)N1. The second-order valence-electron chi connectivity index (χ2n) is 9.08. The molecule has 3 fully saturated rings. The molecule has 0 saturated carbocycles. The molecule has 4 heterocycles.